The molecule has 1 aromatic heterocycles. The van der Waals surface area contributed by atoms with Crippen molar-refractivity contribution in [3.63, 3.8) is 0 Å². The van der Waals surface area contributed by atoms with Crippen LogP contribution in [0.5, 0.6) is 5.75 Å². The highest BCUT2D eigenvalue weighted by atomic mass is 19.1. The lowest BCUT2D eigenvalue weighted by Crippen LogP contribution is -2.33. The average molecular weight is 470 g/mol. The maximum Gasteiger partial charge on any atom is 0.267 e. The zero-order valence-corrected chi connectivity index (χ0v) is 18.3. The first-order valence-electron chi connectivity index (χ1n) is 10.8. The van der Waals surface area contributed by atoms with E-state index in [0.29, 0.717) is 30.6 Å². The summed E-state index contributed by atoms with van der Waals surface area (Å²) in [6, 6.07) is 10.9. The molecule has 34 heavy (non-hydrogen) atoms. The molecule has 0 spiro atoms. The molecule has 2 heterocycles. The van der Waals surface area contributed by atoms with Crippen LogP contribution < -0.4 is 10.2 Å². The minimum atomic E-state index is -0.614. The molecule has 1 aliphatic heterocycles. The third-order valence-corrected chi connectivity index (χ3v) is 5.66. The second-order valence-electron chi connectivity index (χ2n) is 7.96. The van der Waals surface area contributed by atoms with Gasteiger partial charge in [-0.3, -0.25) is 14.9 Å². The highest BCUT2D eigenvalue weighted by Gasteiger charge is 2.26. The molecule has 178 valence electrons. The summed E-state index contributed by atoms with van der Waals surface area (Å²) in [7, 11) is 0. The lowest BCUT2D eigenvalue weighted by atomic mass is 9.96. The summed E-state index contributed by atoms with van der Waals surface area (Å²) in [6.45, 7) is 1.71. The molecule has 10 heteroatoms. The first-order chi connectivity index (χ1) is 16.5. The predicted molar refractivity (Wildman–Crippen MR) is 118 cm³/mol. The number of aromatic nitrogens is 2. The highest BCUT2D eigenvalue weighted by molar-refractivity contribution is 5.90. The Morgan fingerprint density at radius 2 is 1.88 bits per heavy atom. The smallest absolute Gasteiger partial charge is 0.267 e. The van der Waals surface area contributed by atoms with Crippen LogP contribution in [0.1, 0.15) is 41.6 Å². The zero-order chi connectivity index (χ0) is 23.9. The predicted octanol–water partition coefficient (Wildman–Crippen LogP) is 3.83. The van der Waals surface area contributed by atoms with E-state index in [-0.39, 0.29) is 24.6 Å². The van der Waals surface area contributed by atoms with Gasteiger partial charge in [-0.25, -0.2) is 14.3 Å². The molecule has 0 bridgehead atoms. The Kier molecular flexibility index (Phi) is 7.61. The topological polar surface area (TPSA) is 101 Å². The van der Waals surface area contributed by atoms with E-state index in [1.54, 1.807) is 30.3 Å². The number of nitrogens with zero attached hydrogens (tertiary/aromatic N) is 3. The molecule has 0 atom stereocenters. The second-order valence-corrected chi connectivity index (χ2v) is 7.96. The third kappa shape index (κ3) is 6.03. The molecule has 1 saturated heterocycles. The van der Waals surface area contributed by atoms with Crippen LogP contribution in [0.25, 0.3) is 6.08 Å². The monoisotopic (exact) mass is 470 g/mol. The third-order valence-electron chi connectivity index (χ3n) is 5.66. The molecule has 1 fully saturated rings. The molecule has 1 amide bonds. The fourth-order valence-electron chi connectivity index (χ4n) is 3.78. The number of halogens is 2. The van der Waals surface area contributed by atoms with E-state index in [9.17, 15) is 13.6 Å². The van der Waals surface area contributed by atoms with Gasteiger partial charge in [0.2, 0.25) is 0 Å². The Balaban J connectivity index is 1.25. The van der Waals surface area contributed by atoms with Gasteiger partial charge in [-0.2, -0.15) is 4.98 Å². The lowest BCUT2D eigenvalue weighted by Gasteiger charge is -2.30. The van der Waals surface area contributed by atoms with Gasteiger partial charge in [0.05, 0.1) is 0 Å². The van der Waals surface area contributed by atoms with Crippen molar-refractivity contribution in [2.75, 3.05) is 13.1 Å². The van der Waals surface area contributed by atoms with Gasteiger partial charge in [-0.15, -0.1) is 0 Å². The molecule has 0 aliphatic carbocycles. The quantitative estimate of drug-likeness (QED) is 0.293. The number of carbonyl (C=O) groups excluding carboxylic acids is 1. The van der Waals surface area contributed by atoms with Crippen molar-refractivity contribution in [2.45, 2.75) is 31.9 Å². The number of nitrogens with one attached hydrogen (secondary N) is 1. The number of hydroxylamine groups is 1. The van der Waals surface area contributed by atoms with Crippen molar-refractivity contribution in [1.29, 1.82) is 0 Å². The molecular formula is C24H24F2N4O4. The average Bonchev–Trinajstić information content (AvgIpc) is 3.34. The van der Waals surface area contributed by atoms with Gasteiger partial charge in [0, 0.05) is 24.1 Å². The van der Waals surface area contributed by atoms with Gasteiger partial charge >= 0.3 is 0 Å². The van der Waals surface area contributed by atoms with Crippen LogP contribution in [0.4, 0.5) is 8.78 Å². The molecule has 0 radical (unpaired) electrons. The Morgan fingerprint density at radius 3 is 2.56 bits per heavy atom. The van der Waals surface area contributed by atoms with Crippen molar-refractivity contribution in [3.05, 3.63) is 83.0 Å². The molecule has 0 unspecified atom stereocenters. The standard InChI is InChI=1S/C24H24F2N4O4/c25-20-2-1-3-21(26)19(20)14-30-12-10-17(11-13-30)24-27-23(34-29-24)15-33-18-7-4-16(5-8-18)6-9-22(31)28-32/h1-9,17,32H,10-15H2,(H,28,31)/b9-6+. The maximum absolute atomic E-state index is 13.9. The van der Waals surface area contributed by atoms with Crippen LogP contribution in [0.2, 0.25) is 0 Å². The highest BCUT2D eigenvalue weighted by Crippen LogP contribution is 2.28. The van der Waals surface area contributed by atoms with Crippen LogP contribution in [-0.2, 0) is 17.9 Å². The summed E-state index contributed by atoms with van der Waals surface area (Å²) in [5.74, 6) is 0.0125. The van der Waals surface area contributed by atoms with E-state index in [0.717, 1.165) is 18.4 Å². The van der Waals surface area contributed by atoms with E-state index in [2.05, 4.69) is 10.1 Å². The van der Waals surface area contributed by atoms with E-state index in [4.69, 9.17) is 14.5 Å². The van der Waals surface area contributed by atoms with Gasteiger partial charge in [0.25, 0.3) is 11.8 Å². The zero-order valence-electron chi connectivity index (χ0n) is 18.3. The van der Waals surface area contributed by atoms with Crippen molar-refractivity contribution >= 4 is 12.0 Å². The number of hydrogen-bond acceptors (Lipinski definition) is 7. The normalized spacial score (nSPS) is 15.0. The van der Waals surface area contributed by atoms with Crippen LogP contribution in [-0.4, -0.2) is 39.2 Å². The van der Waals surface area contributed by atoms with Crippen molar-refractivity contribution in [3.8, 4) is 5.75 Å². The maximum atomic E-state index is 13.9. The fraction of sp³-hybridized carbons (Fsp3) is 0.292. The van der Waals surface area contributed by atoms with E-state index < -0.39 is 17.5 Å². The van der Waals surface area contributed by atoms with Crippen molar-refractivity contribution in [1.82, 2.24) is 20.5 Å². The molecule has 2 aromatic carbocycles. The minimum Gasteiger partial charge on any atom is -0.484 e. The van der Waals surface area contributed by atoms with Crippen LogP contribution in [0, 0.1) is 11.6 Å². The van der Waals surface area contributed by atoms with E-state index >= 15 is 0 Å². The van der Waals surface area contributed by atoms with Gasteiger partial charge in [0.1, 0.15) is 17.4 Å². The summed E-state index contributed by atoms with van der Waals surface area (Å²) in [5, 5.41) is 12.6. The van der Waals surface area contributed by atoms with Gasteiger partial charge in [-0.05, 0) is 61.8 Å². The lowest BCUT2D eigenvalue weighted by molar-refractivity contribution is -0.124. The number of hydrogen-bond donors (Lipinski definition) is 2. The summed E-state index contributed by atoms with van der Waals surface area (Å²) < 4.78 is 38.8. The molecule has 4 rings (SSSR count). The van der Waals surface area contributed by atoms with Gasteiger partial charge in [-0.1, -0.05) is 23.4 Å². The number of piperidine rings is 1. The number of amides is 1. The largest absolute Gasteiger partial charge is 0.484 e. The SMILES string of the molecule is O=C(/C=C/c1ccc(OCc2nc(C3CCN(Cc4c(F)cccc4F)CC3)no2)cc1)NO. The van der Waals surface area contributed by atoms with E-state index in [1.165, 1.54) is 29.8 Å². The number of benzene rings is 2. The number of rotatable bonds is 8. The molecule has 0 saturated carbocycles. The minimum absolute atomic E-state index is 0.0969. The Morgan fingerprint density at radius 1 is 1.18 bits per heavy atom. The first-order valence-corrected chi connectivity index (χ1v) is 10.8. The summed E-state index contributed by atoms with van der Waals surface area (Å²) in [5.41, 5.74) is 2.38. The molecule has 3 aromatic rings. The number of ether oxygens (including phenoxy) is 1. The van der Waals surface area contributed by atoms with Crippen LogP contribution in [0.3, 0.4) is 0 Å². The number of carbonyl (C=O) groups is 1. The van der Waals surface area contributed by atoms with Crippen LogP contribution in [0.15, 0.2) is 53.1 Å². The van der Waals surface area contributed by atoms with Gasteiger partial charge in [0.15, 0.2) is 12.4 Å². The Bertz CT molecular complexity index is 1120. The van der Waals surface area contributed by atoms with Crippen molar-refractivity contribution in [2.24, 2.45) is 0 Å². The molecular weight excluding hydrogens is 446 g/mol. The van der Waals surface area contributed by atoms with E-state index in [1.807, 2.05) is 4.90 Å². The number of likely N-dealkylation sites (tertiary alicyclic amines) is 1. The second kappa shape index (κ2) is 11.0. The molecule has 2 N–H and O–H groups in total. The summed E-state index contributed by atoms with van der Waals surface area (Å²) in [4.78, 5) is 17.5. The summed E-state index contributed by atoms with van der Waals surface area (Å²) >= 11 is 0. The molecule has 1 aliphatic rings. The van der Waals surface area contributed by atoms with Crippen molar-refractivity contribution < 1.29 is 28.0 Å². The molecule has 8 nitrogen and oxygen atoms in total. The Labute approximate surface area is 194 Å². The fourth-order valence-corrected chi connectivity index (χ4v) is 3.78. The summed E-state index contributed by atoms with van der Waals surface area (Å²) in [6.07, 6.45) is 4.29. The Hall–Kier alpha value is -3.63. The van der Waals surface area contributed by atoms with Crippen LogP contribution >= 0.6 is 0 Å². The van der Waals surface area contributed by atoms with Gasteiger partial charge < -0.3 is 9.26 Å². The first kappa shape index (κ1) is 23.5.